The zero-order chi connectivity index (χ0) is 8.01. The summed E-state index contributed by atoms with van der Waals surface area (Å²) in [5.74, 6) is 0. The lowest BCUT2D eigenvalue weighted by molar-refractivity contribution is -0.122. The maximum atomic E-state index is 9.28. The van der Waals surface area contributed by atoms with Gasteiger partial charge in [0.05, 0.1) is 12.6 Å². The number of aliphatic hydroxyl groups is 3. The van der Waals surface area contributed by atoms with Crippen molar-refractivity contribution in [2.24, 2.45) is 0 Å². The van der Waals surface area contributed by atoms with Crippen molar-refractivity contribution in [1.82, 2.24) is 5.32 Å². The predicted molar refractivity (Wildman–Crippen MR) is 34.7 cm³/mol. The molecule has 0 aromatic carbocycles. The molecular weight excluding hydrogens is 150 g/mol. The van der Waals surface area contributed by atoms with Crippen molar-refractivity contribution < 1.29 is 20.1 Å². The van der Waals surface area contributed by atoms with Gasteiger partial charge in [0, 0.05) is 0 Å². The molecule has 2 aliphatic heterocycles. The van der Waals surface area contributed by atoms with Gasteiger partial charge in [-0.15, -0.1) is 0 Å². The van der Waals surface area contributed by atoms with Crippen LogP contribution in [0.3, 0.4) is 0 Å². The van der Waals surface area contributed by atoms with Crippen molar-refractivity contribution >= 4 is 0 Å². The molecule has 2 aliphatic rings. The van der Waals surface area contributed by atoms with Gasteiger partial charge in [-0.05, 0) is 0 Å². The number of ether oxygens (including phenoxy) is 1. The van der Waals surface area contributed by atoms with Crippen LogP contribution in [0.1, 0.15) is 0 Å². The Balaban J connectivity index is 2.16. The molecule has 2 rings (SSSR count). The zero-order valence-electron chi connectivity index (χ0n) is 5.84. The van der Waals surface area contributed by atoms with E-state index >= 15 is 0 Å². The van der Waals surface area contributed by atoms with E-state index in [0.29, 0.717) is 6.61 Å². The van der Waals surface area contributed by atoms with Gasteiger partial charge in [0.25, 0.3) is 0 Å². The van der Waals surface area contributed by atoms with Crippen LogP contribution in [0.5, 0.6) is 0 Å². The molecule has 0 aromatic rings. The third-order valence-corrected chi connectivity index (χ3v) is 2.26. The van der Waals surface area contributed by atoms with Crippen LogP contribution in [0.4, 0.5) is 0 Å². The third kappa shape index (κ3) is 0.969. The number of rotatable bonds is 0. The van der Waals surface area contributed by atoms with Gasteiger partial charge in [-0.25, -0.2) is 0 Å². The Morgan fingerprint density at radius 2 is 1.82 bits per heavy atom. The van der Waals surface area contributed by atoms with Crippen molar-refractivity contribution in [3.8, 4) is 0 Å². The monoisotopic (exact) mass is 161 g/mol. The second-order valence-corrected chi connectivity index (χ2v) is 3.00. The minimum Gasteiger partial charge on any atom is -0.389 e. The summed E-state index contributed by atoms with van der Waals surface area (Å²) in [6.45, 7) is 0.347. The largest absolute Gasteiger partial charge is 0.389 e. The lowest BCUT2D eigenvalue weighted by atomic mass is 9.97. The summed E-state index contributed by atoms with van der Waals surface area (Å²) in [5, 5.41) is 30.6. The normalized spacial score (nSPS) is 56.5. The van der Waals surface area contributed by atoms with Crippen LogP contribution in [-0.4, -0.2) is 52.5 Å². The molecule has 4 N–H and O–H groups in total. The molecular formula is C6H11NO4. The highest BCUT2D eigenvalue weighted by Crippen LogP contribution is 2.21. The quantitative estimate of drug-likeness (QED) is 0.313. The van der Waals surface area contributed by atoms with Crippen molar-refractivity contribution in [2.75, 3.05) is 6.61 Å². The summed E-state index contributed by atoms with van der Waals surface area (Å²) in [5.41, 5.74) is 0. The topological polar surface area (TPSA) is 82.0 Å². The van der Waals surface area contributed by atoms with Gasteiger partial charge >= 0.3 is 0 Å². The van der Waals surface area contributed by atoms with E-state index < -0.39 is 24.5 Å². The Bertz CT molecular complexity index is 145. The fraction of sp³-hybridized carbons (Fsp3) is 1.00. The first-order valence-corrected chi connectivity index (χ1v) is 3.62. The molecule has 0 amide bonds. The fourth-order valence-corrected chi connectivity index (χ4v) is 1.53. The summed E-state index contributed by atoms with van der Waals surface area (Å²) >= 11 is 0. The van der Waals surface area contributed by atoms with Crippen LogP contribution in [0.2, 0.25) is 0 Å². The Kier molecular flexibility index (Phi) is 1.62. The van der Waals surface area contributed by atoms with Crippen molar-refractivity contribution in [1.29, 1.82) is 0 Å². The summed E-state index contributed by atoms with van der Waals surface area (Å²) in [6, 6.07) is -0.238. The highest BCUT2D eigenvalue weighted by Gasteiger charge is 2.47. The summed E-state index contributed by atoms with van der Waals surface area (Å²) in [7, 11) is 0. The van der Waals surface area contributed by atoms with Gasteiger partial charge in [0.15, 0.2) is 0 Å². The van der Waals surface area contributed by atoms with E-state index in [-0.39, 0.29) is 6.04 Å². The molecule has 0 aromatic heterocycles. The maximum absolute atomic E-state index is 9.28. The number of piperidine rings is 1. The summed E-state index contributed by atoms with van der Waals surface area (Å²) in [4.78, 5) is 0. The lowest BCUT2D eigenvalue weighted by Gasteiger charge is -2.33. The van der Waals surface area contributed by atoms with Crippen LogP contribution < -0.4 is 5.32 Å². The molecule has 2 heterocycles. The van der Waals surface area contributed by atoms with Gasteiger partial charge < -0.3 is 20.1 Å². The van der Waals surface area contributed by atoms with Crippen LogP contribution >= 0.6 is 0 Å². The van der Waals surface area contributed by atoms with Gasteiger partial charge in [0.1, 0.15) is 24.5 Å². The zero-order valence-corrected chi connectivity index (χ0v) is 5.84. The highest BCUT2D eigenvalue weighted by atomic mass is 16.5. The van der Waals surface area contributed by atoms with E-state index in [0.717, 1.165) is 0 Å². The first kappa shape index (κ1) is 7.45. The van der Waals surface area contributed by atoms with Crippen molar-refractivity contribution in [2.45, 2.75) is 30.6 Å². The van der Waals surface area contributed by atoms with E-state index in [4.69, 9.17) is 4.74 Å². The van der Waals surface area contributed by atoms with E-state index in [1.807, 2.05) is 0 Å². The van der Waals surface area contributed by atoms with Crippen LogP contribution in [0, 0.1) is 0 Å². The summed E-state index contributed by atoms with van der Waals surface area (Å²) in [6.07, 6.45) is -3.56. The second kappa shape index (κ2) is 2.40. The van der Waals surface area contributed by atoms with E-state index in [9.17, 15) is 15.3 Å². The number of hydrogen-bond acceptors (Lipinski definition) is 5. The van der Waals surface area contributed by atoms with E-state index in [2.05, 4.69) is 5.32 Å². The average molecular weight is 161 g/mol. The van der Waals surface area contributed by atoms with E-state index in [1.165, 1.54) is 0 Å². The molecule has 2 saturated heterocycles. The lowest BCUT2D eigenvalue weighted by Crippen LogP contribution is -2.60. The molecule has 2 fully saturated rings. The smallest absolute Gasteiger partial charge is 0.137 e. The molecule has 0 saturated carbocycles. The highest BCUT2D eigenvalue weighted by molar-refractivity contribution is 4.98. The van der Waals surface area contributed by atoms with E-state index in [1.54, 1.807) is 0 Å². The first-order valence-electron chi connectivity index (χ1n) is 3.62. The molecule has 5 nitrogen and oxygen atoms in total. The molecule has 0 aliphatic carbocycles. The van der Waals surface area contributed by atoms with Gasteiger partial charge in [0.2, 0.25) is 0 Å². The molecule has 11 heavy (non-hydrogen) atoms. The maximum Gasteiger partial charge on any atom is 0.137 e. The van der Waals surface area contributed by atoms with Gasteiger partial charge in [-0.1, -0.05) is 0 Å². The Morgan fingerprint density at radius 1 is 1.09 bits per heavy atom. The molecule has 0 radical (unpaired) electrons. The Hall–Kier alpha value is -0.200. The summed E-state index contributed by atoms with van der Waals surface area (Å²) < 4.78 is 5.05. The Labute approximate surface area is 63.6 Å². The van der Waals surface area contributed by atoms with Crippen LogP contribution in [-0.2, 0) is 4.74 Å². The average Bonchev–Trinajstić information content (AvgIpc) is 2.44. The standard InChI is InChI=1S/C6H11NO4/c8-3-2-1-11-6(7-2)5(10)4(3)9/h2-10H,1H2/t2-,3+,4-,5+,6+/m0/s1. The van der Waals surface area contributed by atoms with Gasteiger partial charge in [-0.3, -0.25) is 5.32 Å². The molecule has 64 valence electrons. The second-order valence-electron chi connectivity index (χ2n) is 3.00. The number of fused-ring (bicyclic) bond motifs is 2. The third-order valence-electron chi connectivity index (χ3n) is 2.26. The predicted octanol–water partition coefficient (Wildman–Crippen LogP) is -2.60. The molecule has 5 atom stereocenters. The van der Waals surface area contributed by atoms with Crippen LogP contribution in [0.25, 0.3) is 0 Å². The molecule has 5 heteroatoms. The molecule has 2 bridgehead atoms. The number of nitrogens with one attached hydrogen (secondary N) is 1. The van der Waals surface area contributed by atoms with Crippen LogP contribution in [0.15, 0.2) is 0 Å². The van der Waals surface area contributed by atoms with Gasteiger partial charge in [-0.2, -0.15) is 0 Å². The first-order chi connectivity index (χ1) is 5.20. The number of aliphatic hydroxyl groups excluding tert-OH is 3. The molecule has 0 unspecified atom stereocenters. The number of hydrogen-bond donors (Lipinski definition) is 4. The SMILES string of the molecule is O[C@@H]1[C@@H](O)[C@@H]2N[C@@H](CO2)[C@H]1O. The van der Waals surface area contributed by atoms with Crippen molar-refractivity contribution in [3.05, 3.63) is 0 Å². The Morgan fingerprint density at radius 3 is 2.55 bits per heavy atom. The minimum absolute atomic E-state index is 0.238. The fourth-order valence-electron chi connectivity index (χ4n) is 1.53. The molecule has 0 spiro atoms. The van der Waals surface area contributed by atoms with Crippen molar-refractivity contribution in [3.63, 3.8) is 0 Å². The minimum atomic E-state index is -1.09.